The minimum absolute atomic E-state index is 0.0452. The number of nitrogens with zero attached hydrogens (tertiary/aromatic N) is 3. The first-order valence-electron chi connectivity index (χ1n) is 25.9. The van der Waals surface area contributed by atoms with Gasteiger partial charge in [0.1, 0.15) is 25.8 Å². The summed E-state index contributed by atoms with van der Waals surface area (Å²) in [6, 6.07) is 10.2. The molecule has 408 valence electrons. The number of imide groups is 1. The number of fused-ring (bicyclic) bond motifs is 5. The third-order valence-corrected chi connectivity index (χ3v) is 15.7. The lowest BCUT2D eigenvalue weighted by atomic mass is 9.81. The van der Waals surface area contributed by atoms with Gasteiger partial charge in [-0.15, -0.1) is 0 Å². The Balaban J connectivity index is 0.795. The van der Waals surface area contributed by atoms with Gasteiger partial charge in [0.2, 0.25) is 35.4 Å². The molecular weight excluding hydrogens is 1020 g/mol. The third kappa shape index (κ3) is 12.3. The second kappa shape index (κ2) is 24.4. The zero-order valence-corrected chi connectivity index (χ0v) is 44.0. The Morgan fingerprint density at radius 3 is 2.42 bits per heavy atom. The van der Waals surface area contributed by atoms with Gasteiger partial charge >= 0.3 is 5.97 Å². The van der Waals surface area contributed by atoms with Crippen LogP contribution in [-0.2, 0) is 84.2 Å². The number of likely N-dealkylation sites (tertiary alicyclic amines) is 1. The van der Waals surface area contributed by atoms with Crippen molar-refractivity contribution in [3.05, 3.63) is 97.6 Å². The second-order valence-electron chi connectivity index (χ2n) is 19.8. The second-order valence-corrected chi connectivity index (χ2v) is 20.8. The molecule has 0 saturated carbocycles. The summed E-state index contributed by atoms with van der Waals surface area (Å²) in [7, 11) is 0. The number of hydrogen-bond donors (Lipinski definition) is 5. The highest BCUT2D eigenvalue weighted by Gasteiger charge is 2.46. The number of amides is 6. The summed E-state index contributed by atoms with van der Waals surface area (Å²) in [5, 5.41) is 22.5. The summed E-state index contributed by atoms with van der Waals surface area (Å²) in [6.45, 7) is 2.22. The molecule has 20 nitrogen and oxygen atoms in total. The minimum Gasteiger partial charge on any atom is -0.458 e. The number of ketones is 2. The lowest BCUT2D eigenvalue weighted by Gasteiger charge is -2.31. The molecule has 5 N–H and O–H groups in total. The highest BCUT2D eigenvalue weighted by Crippen LogP contribution is 2.46. The van der Waals surface area contributed by atoms with Crippen molar-refractivity contribution in [2.45, 2.75) is 133 Å². The number of hydrogen-bond acceptors (Lipinski definition) is 15. The van der Waals surface area contributed by atoms with Crippen molar-refractivity contribution in [1.82, 2.24) is 35.7 Å². The van der Waals surface area contributed by atoms with Gasteiger partial charge in [-0.25, -0.2) is 14.2 Å². The van der Waals surface area contributed by atoms with Crippen LogP contribution in [0.25, 0.3) is 22.3 Å². The van der Waals surface area contributed by atoms with Gasteiger partial charge in [-0.3, -0.25) is 48.1 Å². The van der Waals surface area contributed by atoms with E-state index in [2.05, 4.69) is 21.3 Å². The number of pyridine rings is 2. The molecule has 2 aromatic carbocycles. The largest absolute Gasteiger partial charge is 0.458 e. The van der Waals surface area contributed by atoms with Crippen LogP contribution in [0.4, 0.5) is 4.39 Å². The number of rotatable bonds is 25. The van der Waals surface area contributed by atoms with Crippen LogP contribution in [-0.4, -0.2) is 117 Å². The number of aliphatic hydroxyl groups is 1. The van der Waals surface area contributed by atoms with Crippen LogP contribution >= 0.6 is 11.8 Å². The van der Waals surface area contributed by atoms with Gasteiger partial charge in [-0.05, 0) is 80.0 Å². The van der Waals surface area contributed by atoms with E-state index in [1.807, 2.05) is 0 Å². The van der Waals surface area contributed by atoms with E-state index in [1.165, 1.54) is 27.3 Å². The minimum atomic E-state index is -2.05. The van der Waals surface area contributed by atoms with E-state index < -0.39 is 65.1 Å². The number of cyclic esters (lactones) is 1. The number of thioether (sulfide) groups is 1. The first-order valence-corrected chi connectivity index (χ1v) is 27.2. The van der Waals surface area contributed by atoms with Crippen molar-refractivity contribution < 1.29 is 62.1 Å². The first kappa shape index (κ1) is 56.0. The highest BCUT2D eigenvalue weighted by atomic mass is 32.2. The summed E-state index contributed by atoms with van der Waals surface area (Å²) in [6.07, 6.45) is 3.75. The molecule has 77 heavy (non-hydrogen) atoms. The molecule has 3 aliphatic heterocycles. The standard InChI is InChI=1S/C55H62FN7O13S/c1-4-55(74)36-22-41-51-34(26-63(41)52(71)35(36)27-76-54(55)73)50-38(16-15-33-30(2)37(56)23-40(61-51)49(33)50)59-47(69)28-75-29-58-45(67)19-17-42(65)39(21-31-11-7-5-8-12-31)60-46(68)18-14-32(64)25-57-44(66)13-9-6-10-20-62-48(70)24-43(77-3)53(62)72/h5,7-8,11-12,22-23,38-39,43,74H,4,6,9-10,13-21,24-29H2,1-3H3,(H,57,66)(H,58,67)(H,59,69)(H,60,68)/t38-,39-,43?,55-/m0/s1. The van der Waals surface area contributed by atoms with Crippen molar-refractivity contribution in [1.29, 1.82) is 0 Å². The number of aryl methyl sites for hydroxylation is 1. The van der Waals surface area contributed by atoms with E-state index in [-0.39, 0.29) is 118 Å². The number of halogens is 1. The predicted octanol–water partition coefficient (Wildman–Crippen LogP) is 3.31. The number of ether oxygens (including phenoxy) is 2. The van der Waals surface area contributed by atoms with Crippen molar-refractivity contribution in [2.24, 2.45) is 0 Å². The van der Waals surface area contributed by atoms with Crippen LogP contribution < -0.4 is 26.8 Å². The molecule has 4 aliphatic rings. The van der Waals surface area contributed by atoms with Gasteiger partial charge in [0.25, 0.3) is 5.56 Å². The molecule has 4 atom stereocenters. The molecule has 0 radical (unpaired) electrons. The van der Waals surface area contributed by atoms with Crippen molar-refractivity contribution in [2.75, 3.05) is 32.7 Å². The predicted molar refractivity (Wildman–Crippen MR) is 278 cm³/mol. The number of Topliss-reactive ketones (excluding diaryl/α,β-unsaturated/α-hetero) is 2. The first-order chi connectivity index (χ1) is 36.9. The van der Waals surface area contributed by atoms with Gasteiger partial charge in [0, 0.05) is 67.6 Å². The van der Waals surface area contributed by atoms with Gasteiger partial charge in [0.15, 0.2) is 17.2 Å². The molecule has 0 bridgehead atoms. The zero-order chi connectivity index (χ0) is 55.1. The van der Waals surface area contributed by atoms with E-state index >= 15 is 4.39 Å². The maximum absolute atomic E-state index is 15.4. The third-order valence-electron chi connectivity index (χ3n) is 14.8. The van der Waals surface area contributed by atoms with Gasteiger partial charge in [-0.2, -0.15) is 11.8 Å². The molecule has 6 amide bonds. The summed E-state index contributed by atoms with van der Waals surface area (Å²) in [4.78, 5) is 135. The summed E-state index contributed by atoms with van der Waals surface area (Å²) in [5.74, 6) is -4.49. The molecule has 22 heteroatoms. The Kier molecular flexibility index (Phi) is 17.8. The van der Waals surface area contributed by atoms with E-state index in [4.69, 9.17) is 14.5 Å². The van der Waals surface area contributed by atoms with E-state index in [1.54, 1.807) is 56.5 Å². The number of carbonyl (C=O) groups excluding carboxylic acids is 9. The maximum Gasteiger partial charge on any atom is 0.343 e. The molecule has 1 aliphatic carbocycles. The maximum atomic E-state index is 15.4. The van der Waals surface area contributed by atoms with Crippen molar-refractivity contribution in [3.63, 3.8) is 0 Å². The zero-order valence-electron chi connectivity index (χ0n) is 43.2. The summed E-state index contributed by atoms with van der Waals surface area (Å²) >= 11 is 1.35. The molecule has 1 saturated heterocycles. The fraction of sp³-hybridized carbons (Fsp3) is 0.473. The summed E-state index contributed by atoms with van der Waals surface area (Å²) < 4.78 is 27.6. The van der Waals surface area contributed by atoms with E-state index in [0.717, 1.165) is 11.1 Å². The number of unbranched alkanes of at least 4 members (excludes halogenated alkanes) is 2. The molecule has 4 aromatic rings. The highest BCUT2D eigenvalue weighted by molar-refractivity contribution is 8.00. The Hall–Kier alpha value is -7.17. The fourth-order valence-corrected chi connectivity index (χ4v) is 11.1. The molecule has 5 heterocycles. The molecule has 2 aromatic heterocycles. The molecule has 1 fully saturated rings. The molecule has 0 spiro atoms. The van der Waals surface area contributed by atoms with Crippen LogP contribution in [0.15, 0.2) is 47.3 Å². The Bertz CT molecular complexity index is 3110. The average molecular weight is 1080 g/mol. The normalized spacial score (nSPS) is 18.5. The number of benzene rings is 2. The lowest BCUT2D eigenvalue weighted by Crippen LogP contribution is -2.44. The Morgan fingerprint density at radius 2 is 1.68 bits per heavy atom. The van der Waals surface area contributed by atoms with Crippen molar-refractivity contribution in [3.8, 4) is 11.4 Å². The van der Waals surface area contributed by atoms with E-state index in [0.29, 0.717) is 77.6 Å². The smallest absolute Gasteiger partial charge is 0.343 e. The van der Waals surface area contributed by atoms with E-state index in [9.17, 15) is 53.1 Å². The average Bonchev–Trinajstić information content (AvgIpc) is 4.20. The monoisotopic (exact) mass is 1080 g/mol. The van der Waals surface area contributed by atoms with Crippen LogP contribution in [0.3, 0.4) is 0 Å². The Labute approximate surface area is 447 Å². The number of carbonyl (C=O) groups is 9. The van der Waals surface area contributed by atoms with Gasteiger partial charge in [-0.1, -0.05) is 43.7 Å². The fourth-order valence-electron chi connectivity index (χ4n) is 10.5. The SMILES string of the molecule is CC[C@@]1(O)C(=O)OCc2c1cc1n(c2=O)Cc2c-1nc1cc(F)c(C)c3c1c2[C@@H](NC(=O)COCNC(=O)CCC(=O)[C@H](Cc1ccccc1)NC(=O)CCC(=O)CNC(=O)CCCCCN1C(=O)CC(SC)C1=O)CC3. The van der Waals surface area contributed by atoms with Crippen molar-refractivity contribution >= 4 is 75.6 Å². The van der Waals surface area contributed by atoms with Gasteiger partial charge in [0.05, 0.1) is 52.9 Å². The Morgan fingerprint density at radius 1 is 0.922 bits per heavy atom. The molecule has 1 unspecified atom stereocenters. The quantitative estimate of drug-likeness (QED) is 0.0243. The topological polar surface area (TPSA) is 279 Å². The lowest BCUT2D eigenvalue weighted by molar-refractivity contribution is -0.172. The van der Waals surface area contributed by atoms with Gasteiger partial charge < -0.3 is 40.4 Å². The van der Waals surface area contributed by atoms with Crippen LogP contribution in [0.1, 0.15) is 123 Å². The molecular formula is C55H62FN7O13S. The summed E-state index contributed by atoms with van der Waals surface area (Å²) in [5.41, 5.74) is 1.99. The van der Waals surface area contributed by atoms with Crippen LogP contribution in [0, 0.1) is 12.7 Å². The molecule has 8 rings (SSSR count). The van der Waals surface area contributed by atoms with Crippen LogP contribution in [0.5, 0.6) is 0 Å². The number of aromatic nitrogens is 2. The number of esters is 1. The van der Waals surface area contributed by atoms with Crippen LogP contribution in [0.2, 0.25) is 0 Å². The number of nitrogens with one attached hydrogen (secondary N) is 4.